The highest BCUT2D eigenvalue weighted by atomic mass is 16.7. The van der Waals surface area contributed by atoms with Gasteiger partial charge in [-0.05, 0) is 13.3 Å². The lowest BCUT2D eigenvalue weighted by Crippen LogP contribution is -2.44. The van der Waals surface area contributed by atoms with E-state index in [0.717, 1.165) is 19.6 Å². The lowest BCUT2D eigenvalue weighted by Gasteiger charge is -2.32. The zero-order valence-electron chi connectivity index (χ0n) is 5.72. The first-order valence-corrected chi connectivity index (χ1v) is 3.25. The second-order valence-electron chi connectivity index (χ2n) is 2.39. The van der Waals surface area contributed by atoms with E-state index >= 15 is 0 Å². The molecule has 0 unspecified atom stereocenters. The van der Waals surface area contributed by atoms with Crippen LogP contribution in [-0.4, -0.2) is 25.5 Å². The SMILES string of the molecule is CC1(CN)OCCCO1. The van der Waals surface area contributed by atoms with Crippen molar-refractivity contribution < 1.29 is 9.47 Å². The van der Waals surface area contributed by atoms with Crippen LogP contribution in [0.3, 0.4) is 0 Å². The lowest BCUT2D eigenvalue weighted by atomic mass is 10.3. The van der Waals surface area contributed by atoms with Crippen molar-refractivity contribution in [3.8, 4) is 0 Å². The van der Waals surface area contributed by atoms with Crippen molar-refractivity contribution in [2.24, 2.45) is 5.73 Å². The summed E-state index contributed by atoms with van der Waals surface area (Å²) >= 11 is 0. The summed E-state index contributed by atoms with van der Waals surface area (Å²) in [6.07, 6.45) is 0.982. The Bertz CT molecular complexity index is 89.1. The van der Waals surface area contributed by atoms with E-state index in [1.807, 2.05) is 6.92 Å². The van der Waals surface area contributed by atoms with Gasteiger partial charge in [-0.3, -0.25) is 0 Å². The van der Waals surface area contributed by atoms with Gasteiger partial charge in [0.15, 0.2) is 5.79 Å². The molecule has 1 fully saturated rings. The fourth-order valence-electron chi connectivity index (χ4n) is 0.795. The fraction of sp³-hybridized carbons (Fsp3) is 1.00. The van der Waals surface area contributed by atoms with Crippen LogP contribution in [0.25, 0.3) is 0 Å². The summed E-state index contributed by atoms with van der Waals surface area (Å²) in [4.78, 5) is 0. The lowest BCUT2D eigenvalue weighted by molar-refractivity contribution is -0.248. The molecule has 2 N–H and O–H groups in total. The average Bonchev–Trinajstić information content (AvgIpc) is 1.90. The van der Waals surface area contributed by atoms with Crippen LogP contribution in [0.1, 0.15) is 13.3 Å². The number of hydrogen-bond donors (Lipinski definition) is 1. The van der Waals surface area contributed by atoms with Gasteiger partial charge in [-0.2, -0.15) is 0 Å². The molecule has 0 spiro atoms. The van der Waals surface area contributed by atoms with Crippen LogP contribution >= 0.6 is 0 Å². The maximum Gasteiger partial charge on any atom is 0.177 e. The summed E-state index contributed by atoms with van der Waals surface area (Å²) in [6.45, 7) is 3.85. The van der Waals surface area contributed by atoms with Gasteiger partial charge < -0.3 is 15.2 Å². The average molecular weight is 131 g/mol. The molecule has 1 aliphatic rings. The fourth-order valence-corrected chi connectivity index (χ4v) is 0.795. The molecule has 0 bridgehead atoms. The van der Waals surface area contributed by atoms with Gasteiger partial charge in [0.25, 0.3) is 0 Å². The third-order valence-corrected chi connectivity index (χ3v) is 1.47. The Morgan fingerprint density at radius 1 is 1.44 bits per heavy atom. The van der Waals surface area contributed by atoms with Gasteiger partial charge in [0.2, 0.25) is 0 Å². The molecule has 0 aromatic rings. The molecule has 1 heterocycles. The number of hydrogen-bond acceptors (Lipinski definition) is 3. The third kappa shape index (κ3) is 1.64. The summed E-state index contributed by atoms with van der Waals surface area (Å²) < 4.78 is 10.5. The highest BCUT2D eigenvalue weighted by Crippen LogP contribution is 2.15. The second kappa shape index (κ2) is 2.64. The van der Waals surface area contributed by atoms with Crippen molar-refractivity contribution in [3.63, 3.8) is 0 Å². The Morgan fingerprint density at radius 2 is 2.00 bits per heavy atom. The quantitative estimate of drug-likeness (QED) is 0.549. The summed E-state index contributed by atoms with van der Waals surface area (Å²) in [5, 5.41) is 0. The highest BCUT2D eigenvalue weighted by molar-refractivity contribution is 4.66. The molecule has 1 saturated heterocycles. The molecular weight excluding hydrogens is 118 g/mol. The minimum absolute atomic E-state index is 0.438. The van der Waals surface area contributed by atoms with Crippen molar-refractivity contribution in [2.75, 3.05) is 19.8 Å². The molecule has 1 rings (SSSR count). The first kappa shape index (κ1) is 6.99. The second-order valence-corrected chi connectivity index (χ2v) is 2.39. The van der Waals surface area contributed by atoms with Crippen LogP contribution in [0.5, 0.6) is 0 Å². The Morgan fingerprint density at radius 3 is 2.33 bits per heavy atom. The minimum Gasteiger partial charge on any atom is -0.349 e. The Balaban J connectivity index is 2.37. The predicted molar refractivity (Wildman–Crippen MR) is 34.0 cm³/mol. The Labute approximate surface area is 55.1 Å². The first-order valence-electron chi connectivity index (χ1n) is 3.25. The van der Waals surface area contributed by atoms with Crippen LogP contribution < -0.4 is 5.73 Å². The van der Waals surface area contributed by atoms with E-state index in [9.17, 15) is 0 Å². The van der Waals surface area contributed by atoms with Gasteiger partial charge in [-0.15, -0.1) is 0 Å². The molecule has 0 radical (unpaired) electrons. The maximum atomic E-state index is 5.39. The van der Waals surface area contributed by atoms with Crippen molar-refractivity contribution in [1.29, 1.82) is 0 Å². The summed E-state index contributed by atoms with van der Waals surface area (Å²) in [5.74, 6) is -0.502. The van der Waals surface area contributed by atoms with Gasteiger partial charge in [0.05, 0.1) is 13.2 Å². The number of rotatable bonds is 1. The topological polar surface area (TPSA) is 44.5 Å². The van der Waals surface area contributed by atoms with Crippen LogP contribution in [0, 0.1) is 0 Å². The smallest absolute Gasteiger partial charge is 0.177 e. The first-order chi connectivity index (χ1) is 4.27. The van der Waals surface area contributed by atoms with Gasteiger partial charge >= 0.3 is 0 Å². The van der Waals surface area contributed by atoms with E-state index in [-0.39, 0.29) is 0 Å². The molecule has 0 aromatic carbocycles. The molecule has 3 nitrogen and oxygen atoms in total. The van der Waals surface area contributed by atoms with E-state index < -0.39 is 5.79 Å². The monoisotopic (exact) mass is 131 g/mol. The third-order valence-electron chi connectivity index (χ3n) is 1.47. The molecule has 0 atom stereocenters. The van der Waals surface area contributed by atoms with Gasteiger partial charge in [-0.1, -0.05) is 0 Å². The van der Waals surface area contributed by atoms with Crippen LogP contribution in [-0.2, 0) is 9.47 Å². The summed E-state index contributed by atoms with van der Waals surface area (Å²) in [7, 11) is 0. The maximum absolute atomic E-state index is 5.39. The van der Waals surface area contributed by atoms with Crippen LogP contribution in [0.4, 0.5) is 0 Å². The van der Waals surface area contributed by atoms with Crippen LogP contribution in [0.2, 0.25) is 0 Å². The molecule has 0 amide bonds. The summed E-state index contributed by atoms with van der Waals surface area (Å²) in [6, 6.07) is 0. The Kier molecular flexibility index (Phi) is 2.05. The molecular formula is C6H13NO2. The van der Waals surface area contributed by atoms with Crippen molar-refractivity contribution in [3.05, 3.63) is 0 Å². The molecule has 0 saturated carbocycles. The van der Waals surface area contributed by atoms with Gasteiger partial charge in [-0.25, -0.2) is 0 Å². The zero-order valence-corrected chi connectivity index (χ0v) is 5.72. The zero-order chi connectivity index (χ0) is 6.74. The van der Waals surface area contributed by atoms with E-state index in [1.165, 1.54) is 0 Å². The van der Waals surface area contributed by atoms with E-state index in [2.05, 4.69) is 0 Å². The molecule has 0 aliphatic carbocycles. The molecule has 0 aromatic heterocycles. The highest BCUT2D eigenvalue weighted by Gasteiger charge is 2.26. The van der Waals surface area contributed by atoms with E-state index in [4.69, 9.17) is 15.2 Å². The number of ether oxygens (including phenoxy) is 2. The van der Waals surface area contributed by atoms with Crippen molar-refractivity contribution in [1.82, 2.24) is 0 Å². The molecule has 9 heavy (non-hydrogen) atoms. The predicted octanol–water partition coefficient (Wildman–Crippen LogP) is 0.0982. The molecule has 3 heteroatoms. The van der Waals surface area contributed by atoms with Gasteiger partial charge in [0, 0.05) is 6.54 Å². The minimum atomic E-state index is -0.502. The number of nitrogens with two attached hydrogens (primary N) is 1. The normalized spacial score (nSPS) is 26.0. The molecule has 1 aliphatic heterocycles. The largest absolute Gasteiger partial charge is 0.349 e. The van der Waals surface area contributed by atoms with Crippen molar-refractivity contribution in [2.45, 2.75) is 19.1 Å². The van der Waals surface area contributed by atoms with Gasteiger partial charge in [0.1, 0.15) is 0 Å². The Hall–Kier alpha value is -0.120. The summed E-state index contributed by atoms with van der Waals surface area (Å²) in [5.41, 5.74) is 5.39. The van der Waals surface area contributed by atoms with E-state index in [0.29, 0.717) is 6.54 Å². The van der Waals surface area contributed by atoms with E-state index in [1.54, 1.807) is 0 Å². The van der Waals surface area contributed by atoms with Crippen LogP contribution in [0.15, 0.2) is 0 Å². The van der Waals surface area contributed by atoms with Crippen molar-refractivity contribution >= 4 is 0 Å². The standard InChI is InChI=1S/C6H13NO2/c1-6(5-7)8-3-2-4-9-6/h2-5,7H2,1H3. The molecule has 54 valence electrons.